The van der Waals surface area contributed by atoms with Gasteiger partial charge in [-0.1, -0.05) is 6.07 Å². The molecule has 1 amide bonds. The maximum Gasteiger partial charge on any atom is 0.408 e. The number of carbonyl (C=O) groups is 1. The number of aryl methyl sites for hydroxylation is 1. The molecule has 0 aliphatic heterocycles. The second kappa shape index (κ2) is 9.60. The molecule has 1 atom stereocenters. The molecule has 0 heterocycles. The van der Waals surface area contributed by atoms with Crippen LogP contribution in [0.2, 0.25) is 0 Å². The summed E-state index contributed by atoms with van der Waals surface area (Å²) in [6.07, 6.45) is 0.567. The zero-order valence-corrected chi connectivity index (χ0v) is 20.2. The van der Waals surface area contributed by atoms with Crippen molar-refractivity contribution < 1.29 is 28.5 Å². The molecule has 0 saturated carbocycles. The van der Waals surface area contributed by atoms with E-state index in [-0.39, 0.29) is 11.2 Å². The van der Waals surface area contributed by atoms with Crippen LogP contribution in [-0.2, 0) is 11.2 Å². The summed E-state index contributed by atoms with van der Waals surface area (Å²) in [5.41, 5.74) is 2.13. The molecule has 33 heavy (non-hydrogen) atoms. The van der Waals surface area contributed by atoms with Crippen LogP contribution in [0.4, 0.5) is 4.79 Å². The number of methoxy groups -OCH3 is 4. The Labute approximate surface area is 193 Å². The number of hydrogen-bond donors (Lipinski definition) is 1. The molecule has 1 N–H and O–H groups in total. The van der Waals surface area contributed by atoms with Crippen molar-refractivity contribution in [2.24, 2.45) is 0 Å². The van der Waals surface area contributed by atoms with Gasteiger partial charge >= 0.3 is 6.09 Å². The highest BCUT2D eigenvalue weighted by molar-refractivity contribution is 5.83. The molecule has 8 heteroatoms. The zero-order valence-electron chi connectivity index (χ0n) is 20.2. The van der Waals surface area contributed by atoms with E-state index in [4.69, 9.17) is 23.7 Å². The first kappa shape index (κ1) is 24.2. The summed E-state index contributed by atoms with van der Waals surface area (Å²) in [6, 6.07) is 6.35. The largest absolute Gasteiger partial charge is 0.493 e. The molecule has 0 aromatic heterocycles. The third kappa shape index (κ3) is 4.99. The predicted octanol–water partition coefficient (Wildman–Crippen LogP) is 4.26. The molecule has 0 radical (unpaired) electrons. The molecule has 0 fully saturated rings. The monoisotopic (exact) mass is 457 g/mol. The third-order valence-electron chi connectivity index (χ3n) is 5.41. The van der Waals surface area contributed by atoms with Gasteiger partial charge in [-0.25, -0.2) is 4.79 Å². The van der Waals surface area contributed by atoms with Crippen molar-refractivity contribution in [3.05, 3.63) is 45.6 Å². The van der Waals surface area contributed by atoms with Gasteiger partial charge in [0.2, 0.25) is 11.2 Å². The van der Waals surface area contributed by atoms with E-state index in [9.17, 15) is 9.59 Å². The lowest BCUT2D eigenvalue weighted by atomic mass is 9.95. The first-order valence-electron chi connectivity index (χ1n) is 10.7. The molecule has 178 valence electrons. The van der Waals surface area contributed by atoms with Crippen LogP contribution in [0, 0.1) is 0 Å². The maximum absolute atomic E-state index is 12.8. The number of fused-ring (bicyclic) bond motifs is 3. The van der Waals surface area contributed by atoms with Gasteiger partial charge in [0, 0.05) is 5.56 Å². The minimum atomic E-state index is -0.654. The second-order valence-electron chi connectivity index (χ2n) is 8.70. The highest BCUT2D eigenvalue weighted by Gasteiger charge is 2.30. The Hall–Kier alpha value is -3.42. The Kier molecular flexibility index (Phi) is 7.05. The Bertz CT molecular complexity index is 1110. The Morgan fingerprint density at radius 3 is 2.18 bits per heavy atom. The van der Waals surface area contributed by atoms with E-state index in [0.717, 1.165) is 16.7 Å². The van der Waals surface area contributed by atoms with Gasteiger partial charge in [0.05, 0.1) is 34.5 Å². The van der Waals surface area contributed by atoms with Crippen LogP contribution in [0.5, 0.6) is 23.0 Å². The average molecular weight is 458 g/mol. The number of nitrogens with one attached hydrogen (secondary N) is 1. The fourth-order valence-electron chi connectivity index (χ4n) is 4.07. The number of rotatable bonds is 5. The van der Waals surface area contributed by atoms with E-state index in [2.05, 4.69) is 5.32 Å². The fourth-order valence-corrected chi connectivity index (χ4v) is 4.07. The minimum Gasteiger partial charge on any atom is -0.493 e. The first-order valence-corrected chi connectivity index (χ1v) is 10.7. The van der Waals surface area contributed by atoms with E-state index in [0.29, 0.717) is 35.7 Å². The average Bonchev–Trinajstić information content (AvgIpc) is 2.99. The van der Waals surface area contributed by atoms with Crippen LogP contribution < -0.4 is 29.7 Å². The molecule has 2 aromatic rings. The van der Waals surface area contributed by atoms with Gasteiger partial charge in [-0.3, -0.25) is 4.79 Å². The lowest BCUT2D eigenvalue weighted by molar-refractivity contribution is 0.0501. The Morgan fingerprint density at radius 2 is 1.61 bits per heavy atom. The predicted molar refractivity (Wildman–Crippen MR) is 125 cm³/mol. The fraction of sp³-hybridized carbons (Fsp3) is 0.440. The number of hydrogen-bond acceptors (Lipinski definition) is 7. The summed E-state index contributed by atoms with van der Waals surface area (Å²) in [5.74, 6) is 1.67. The van der Waals surface area contributed by atoms with Crippen molar-refractivity contribution in [3.8, 4) is 34.1 Å². The molecule has 2 aromatic carbocycles. The van der Waals surface area contributed by atoms with Crippen LogP contribution in [0.1, 0.15) is 44.4 Å². The van der Waals surface area contributed by atoms with Crippen molar-refractivity contribution in [3.63, 3.8) is 0 Å². The van der Waals surface area contributed by atoms with Gasteiger partial charge in [-0.05, 0) is 68.5 Å². The van der Waals surface area contributed by atoms with E-state index in [1.165, 1.54) is 13.2 Å². The number of ether oxygens (including phenoxy) is 5. The van der Waals surface area contributed by atoms with Crippen LogP contribution in [-0.4, -0.2) is 40.1 Å². The molecule has 3 rings (SSSR count). The van der Waals surface area contributed by atoms with Crippen molar-refractivity contribution >= 4 is 6.09 Å². The molecule has 0 unspecified atom stereocenters. The summed E-state index contributed by atoms with van der Waals surface area (Å²) >= 11 is 0. The summed E-state index contributed by atoms with van der Waals surface area (Å²) in [7, 11) is 6.11. The Balaban J connectivity index is 2.28. The smallest absolute Gasteiger partial charge is 0.408 e. The first-order chi connectivity index (χ1) is 15.6. The summed E-state index contributed by atoms with van der Waals surface area (Å²) in [4.78, 5) is 25.5. The van der Waals surface area contributed by atoms with Crippen molar-refractivity contribution in [2.75, 3.05) is 28.4 Å². The second-order valence-corrected chi connectivity index (χ2v) is 8.70. The molecule has 0 bridgehead atoms. The highest BCUT2D eigenvalue weighted by Crippen LogP contribution is 2.50. The van der Waals surface area contributed by atoms with Crippen LogP contribution in [0.25, 0.3) is 11.1 Å². The summed E-state index contributed by atoms with van der Waals surface area (Å²) < 4.78 is 27.6. The number of amides is 1. The van der Waals surface area contributed by atoms with Crippen molar-refractivity contribution in [2.45, 2.75) is 45.3 Å². The zero-order chi connectivity index (χ0) is 24.3. The normalized spacial score (nSPS) is 14.8. The van der Waals surface area contributed by atoms with Gasteiger partial charge in [-0.2, -0.15) is 0 Å². The maximum atomic E-state index is 12.8. The SMILES string of the molecule is COc1cc2c(c(OC)c1OC)-c1ccc(OC)c(=O)cc1[C@@H](NC(=O)OC(C)(C)C)CC2. The lowest BCUT2D eigenvalue weighted by Gasteiger charge is -2.23. The molecular formula is C25H31NO7. The van der Waals surface area contributed by atoms with Gasteiger partial charge < -0.3 is 29.0 Å². The van der Waals surface area contributed by atoms with Crippen LogP contribution in [0.15, 0.2) is 29.1 Å². The van der Waals surface area contributed by atoms with Crippen molar-refractivity contribution in [1.29, 1.82) is 0 Å². The number of alkyl carbamates (subject to hydrolysis) is 1. The van der Waals surface area contributed by atoms with Crippen molar-refractivity contribution in [1.82, 2.24) is 5.32 Å². The van der Waals surface area contributed by atoms with E-state index >= 15 is 0 Å². The van der Waals surface area contributed by atoms with E-state index in [1.54, 1.807) is 54.2 Å². The molecule has 1 aliphatic rings. The lowest BCUT2D eigenvalue weighted by Crippen LogP contribution is -2.35. The van der Waals surface area contributed by atoms with Gasteiger partial charge in [0.25, 0.3) is 0 Å². The Morgan fingerprint density at radius 1 is 0.939 bits per heavy atom. The molecule has 1 aliphatic carbocycles. The number of benzene rings is 1. The molecule has 0 saturated heterocycles. The standard InChI is InChI=1S/C25H31NO7/c1-25(2,3)33-24(28)26-17-10-8-14-12-20(30-5)22(31-6)23(32-7)21(14)15-9-11-19(29-4)18(27)13-16(15)17/h9,11-13,17H,8,10H2,1-7H3,(H,26,28)/t17-/m0/s1. The van der Waals surface area contributed by atoms with Crippen LogP contribution >= 0.6 is 0 Å². The molecular weight excluding hydrogens is 426 g/mol. The van der Waals surface area contributed by atoms with E-state index in [1.807, 2.05) is 6.07 Å². The minimum absolute atomic E-state index is 0.195. The molecule has 0 spiro atoms. The van der Waals surface area contributed by atoms with Gasteiger partial charge in [0.15, 0.2) is 17.2 Å². The van der Waals surface area contributed by atoms with Crippen LogP contribution in [0.3, 0.4) is 0 Å². The topological polar surface area (TPSA) is 92.3 Å². The summed E-state index contributed by atoms with van der Waals surface area (Å²) in [5, 5.41) is 2.94. The van der Waals surface area contributed by atoms with Gasteiger partial charge in [0.1, 0.15) is 5.60 Å². The molecule has 8 nitrogen and oxygen atoms in total. The van der Waals surface area contributed by atoms with E-state index < -0.39 is 17.7 Å². The number of carbonyl (C=O) groups excluding carboxylic acids is 1. The quantitative estimate of drug-likeness (QED) is 0.717. The third-order valence-corrected chi connectivity index (χ3v) is 5.41. The highest BCUT2D eigenvalue weighted by atomic mass is 16.6. The summed E-state index contributed by atoms with van der Waals surface area (Å²) in [6.45, 7) is 5.40. The van der Waals surface area contributed by atoms with Gasteiger partial charge in [-0.15, -0.1) is 0 Å².